The maximum atomic E-state index is 12.3. The van der Waals surface area contributed by atoms with Crippen molar-refractivity contribution in [1.82, 2.24) is 15.1 Å². The van der Waals surface area contributed by atoms with Gasteiger partial charge in [0, 0.05) is 38.1 Å². The van der Waals surface area contributed by atoms with Gasteiger partial charge in [0.1, 0.15) is 0 Å². The van der Waals surface area contributed by atoms with E-state index in [9.17, 15) is 4.79 Å². The van der Waals surface area contributed by atoms with E-state index in [-0.39, 0.29) is 5.91 Å². The molecule has 4 nitrogen and oxygen atoms in total. The fourth-order valence-corrected chi connectivity index (χ4v) is 3.61. The van der Waals surface area contributed by atoms with Gasteiger partial charge in [0.15, 0.2) is 0 Å². The van der Waals surface area contributed by atoms with E-state index < -0.39 is 0 Å². The van der Waals surface area contributed by atoms with Crippen molar-refractivity contribution in [2.45, 2.75) is 37.1 Å². The highest BCUT2D eigenvalue weighted by Crippen LogP contribution is 2.43. The Morgan fingerprint density at radius 2 is 1.74 bits per heavy atom. The Morgan fingerprint density at radius 1 is 1.09 bits per heavy atom. The molecule has 124 valence electrons. The summed E-state index contributed by atoms with van der Waals surface area (Å²) in [6.45, 7) is 4.21. The third kappa shape index (κ3) is 3.59. The van der Waals surface area contributed by atoms with Gasteiger partial charge >= 0.3 is 0 Å². The minimum Gasteiger partial charge on any atom is -0.339 e. The molecular weight excluding hydrogens is 286 g/mol. The molecule has 1 aromatic rings. The molecule has 2 aliphatic carbocycles. The van der Waals surface area contributed by atoms with Gasteiger partial charge in [-0.15, -0.1) is 0 Å². The molecular formula is C19H27N3O. The molecule has 4 rings (SSSR count). The van der Waals surface area contributed by atoms with E-state index in [0.717, 1.165) is 32.1 Å². The minimum atomic E-state index is 0.257. The molecule has 0 aromatic heterocycles. The van der Waals surface area contributed by atoms with Gasteiger partial charge in [0.05, 0.1) is 6.54 Å². The third-order valence-corrected chi connectivity index (χ3v) is 5.58. The van der Waals surface area contributed by atoms with Crippen molar-refractivity contribution in [2.24, 2.45) is 0 Å². The number of hydrogen-bond donors (Lipinski definition) is 1. The van der Waals surface area contributed by atoms with Crippen LogP contribution in [0.1, 0.15) is 42.2 Å². The molecule has 3 fully saturated rings. The van der Waals surface area contributed by atoms with Crippen LogP contribution in [0.3, 0.4) is 0 Å². The Kier molecular flexibility index (Phi) is 4.12. The van der Waals surface area contributed by atoms with Crippen LogP contribution in [0.4, 0.5) is 0 Å². The first-order valence-corrected chi connectivity index (χ1v) is 9.00. The topological polar surface area (TPSA) is 35.6 Å². The van der Waals surface area contributed by atoms with E-state index in [1.54, 1.807) is 0 Å². The first kappa shape index (κ1) is 15.2. The number of hydrogen-bond acceptors (Lipinski definition) is 3. The molecule has 1 aromatic carbocycles. The smallest absolute Gasteiger partial charge is 0.236 e. The molecule has 2 atom stereocenters. The maximum absolute atomic E-state index is 12.3. The number of nitrogens with one attached hydrogen (secondary N) is 1. The fourth-order valence-electron chi connectivity index (χ4n) is 3.61. The van der Waals surface area contributed by atoms with Crippen molar-refractivity contribution in [3.8, 4) is 0 Å². The average molecular weight is 313 g/mol. The molecule has 0 spiro atoms. The molecule has 0 bridgehead atoms. The number of piperazine rings is 1. The third-order valence-electron chi connectivity index (χ3n) is 5.58. The Bertz CT molecular complexity index is 558. The minimum absolute atomic E-state index is 0.257. The van der Waals surface area contributed by atoms with Gasteiger partial charge in [-0.2, -0.15) is 0 Å². The van der Waals surface area contributed by atoms with E-state index in [0.29, 0.717) is 18.5 Å². The van der Waals surface area contributed by atoms with E-state index in [4.69, 9.17) is 0 Å². The second-order valence-corrected chi connectivity index (χ2v) is 7.45. The summed E-state index contributed by atoms with van der Waals surface area (Å²) in [6.07, 6.45) is 3.89. The molecule has 4 heteroatoms. The maximum Gasteiger partial charge on any atom is 0.236 e. The fraction of sp³-hybridized carbons (Fsp3) is 0.632. The zero-order valence-electron chi connectivity index (χ0n) is 14.0. The Hall–Kier alpha value is -1.39. The second-order valence-electron chi connectivity index (χ2n) is 7.45. The van der Waals surface area contributed by atoms with Crippen molar-refractivity contribution in [2.75, 3.05) is 39.8 Å². The summed E-state index contributed by atoms with van der Waals surface area (Å²) in [4.78, 5) is 16.5. The van der Waals surface area contributed by atoms with Crippen LogP contribution in [0.2, 0.25) is 0 Å². The van der Waals surface area contributed by atoms with Gasteiger partial charge in [-0.1, -0.05) is 24.3 Å². The highest BCUT2D eigenvalue weighted by molar-refractivity contribution is 5.78. The summed E-state index contributed by atoms with van der Waals surface area (Å²) in [5.74, 6) is 1.69. The highest BCUT2D eigenvalue weighted by Gasteiger charge is 2.38. The molecule has 1 saturated heterocycles. The van der Waals surface area contributed by atoms with Crippen LogP contribution in [-0.4, -0.2) is 61.5 Å². The first-order chi connectivity index (χ1) is 11.2. The normalized spacial score (nSPS) is 28.0. The second kappa shape index (κ2) is 6.25. The van der Waals surface area contributed by atoms with Crippen molar-refractivity contribution in [1.29, 1.82) is 0 Å². The van der Waals surface area contributed by atoms with Gasteiger partial charge < -0.3 is 15.1 Å². The van der Waals surface area contributed by atoms with Crippen LogP contribution in [-0.2, 0) is 4.79 Å². The zero-order valence-corrected chi connectivity index (χ0v) is 14.0. The van der Waals surface area contributed by atoms with Crippen LogP contribution < -0.4 is 5.32 Å². The Morgan fingerprint density at radius 3 is 2.39 bits per heavy atom. The summed E-state index contributed by atoms with van der Waals surface area (Å²) < 4.78 is 0. The number of carbonyl (C=O) groups excluding carboxylic acids is 1. The van der Waals surface area contributed by atoms with Gasteiger partial charge in [-0.3, -0.25) is 4.79 Å². The van der Waals surface area contributed by atoms with Crippen LogP contribution in [0.15, 0.2) is 24.3 Å². The van der Waals surface area contributed by atoms with Crippen molar-refractivity contribution < 1.29 is 4.79 Å². The molecule has 1 N–H and O–H groups in total. The van der Waals surface area contributed by atoms with Gasteiger partial charge in [0.2, 0.25) is 5.91 Å². The molecule has 1 heterocycles. The number of nitrogens with zero attached hydrogens (tertiary/aromatic N) is 2. The molecule has 1 unspecified atom stereocenters. The van der Waals surface area contributed by atoms with Gasteiger partial charge in [-0.25, -0.2) is 0 Å². The first-order valence-electron chi connectivity index (χ1n) is 9.00. The average Bonchev–Trinajstić information content (AvgIpc) is 3.47. The number of likely N-dealkylation sites (N-methyl/N-ethyl adjacent to an activating group) is 1. The summed E-state index contributed by atoms with van der Waals surface area (Å²) in [6, 6.07) is 9.68. The zero-order chi connectivity index (χ0) is 15.8. The number of amides is 1. The Balaban J connectivity index is 1.23. The van der Waals surface area contributed by atoms with Crippen LogP contribution >= 0.6 is 0 Å². The number of rotatable bonds is 5. The summed E-state index contributed by atoms with van der Waals surface area (Å²) in [5, 5.41) is 3.46. The standard InChI is InChI=1S/C19H27N3O/c1-21-8-10-22(11-9-21)19(23)13-20-18-12-17(18)16-6-4-15(5-7-16)14-2-3-14/h4-7,14,17-18,20H,2-3,8-13H2,1H3/t17?,18-/m0/s1. The van der Waals surface area contributed by atoms with Crippen molar-refractivity contribution >= 4 is 5.91 Å². The van der Waals surface area contributed by atoms with Crippen LogP contribution in [0, 0.1) is 0 Å². The monoisotopic (exact) mass is 313 g/mol. The predicted molar refractivity (Wildman–Crippen MR) is 91.6 cm³/mol. The lowest BCUT2D eigenvalue weighted by atomic mass is 10.1. The Labute approximate surface area is 138 Å². The molecule has 0 radical (unpaired) electrons. The molecule has 3 aliphatic rings. The van der Waals surface area contributed by atoms with E-state index in [1.807, 2.05) is 4.90 Å². The summed E-state index contributed by atoms with van der Waals surface area (Å²) in [7, 11) is 2.11. The van der Waals surface area contributed by atoms with Crippen LogP contribution in [0.25, 0.3) is 0 Å². The van der Waals surface area contributed by atoms with E-state index >= 15 is 0 Å². The highest BCUT2D eigenvalue weighted by atomic mass is 16.2. The lowest BCUT2D eigenvalue weighted by Gasteiger charge is -2.32. The van der Waals surface area contributed by atoms with E-state index in [2.05, 4.69) is 41.5 Å². The molecule has 1 amide bonds. The van der Waals surface area contributed by atoms with Gasteiger partial charge in [0.25, 0.3) is 0 Å². The lowest BCUT2D eigenvalue weighted by Crippen LogP contribution is -2.49. The largest absolute Gasteiger partial charge is 0.339 e. The quantitative estimate of drug-likeness (QED) is 0.900. The van der Waals surface area contributed by atoms with Gasteiger partial charge in [-0.05, 0) is 43.4 Å². The lowest BCUT2D eigenvalue weighted by molar-refractivity contribution is -0.131. The summed E-state index contributed by atoms with van der Waals surface area (Å²) in [5.41, 5.74) is 2.93. The van der Waals surface area contributed by atoms with Crippen molar-refractivity contribution in [3.05, 3.63) is 35.4 Å². The van der Waals surface area contributed by atoms with Crippen LogP contribution in [0.5, 0.6) is 0 Å². The molecule has 2 saturated carbocycles. The van der Waals surface area contributed by atoms with Crippen molar-refractivity contribution in [3.63, 3.8) is 0 Å². The number of benzene rings is 1. The summed E-state index contributed by atoms with van der Waals surface area (Å²) >= 11 is 0. The SMILES string of the molecule is CN1CCN(C(=O)CN[C@H]2CC2c2ccc(C3CC3)cc2)CC1. The predicted octanol–water partition coefficient (Wildman–Crippen LogP) is 1.78. The molecule has 1 aliphatic heterocycles. The van der Waals surface area contributed by atoms with E-state index in [1.165, 1.54) is 30.4 Å². The molecule has 23 heavy (non-hydrogen) atoms. The number of carbonyl (C=O) groups is 1.